The molecule has 2 fully saturated rings. The topological polar surface area (TPSA) is 96.6 Å². The van der Waals surface area contributed by atoms with E-state index in [0.29, 0.717) is 37.8 Å². The predicted molar refractivity (Wildman–Crippen MR) is 96.3 cm³/mol. The number of benzene rings is 1. The molecule has 27 heavy (non-hydrogen) atoms. The maximum atomic E-state index is 12.5. The number of hydrogen-bond acceptors (Lipinski definition) is 6. The van der Waals surface area contributed by atoms with Gasteiger partial charge in [0.15, 0.2) is 5.82 Å². The van der Waals surface area contributed by atoms with Crippen molar-refractivity contribution in [2.24, 2.45) is 5.92 Å². The van der Waals surface area contributed by atoms with Crippen molar-refractivity contribution in [1.29, 1.82) is 0 Å². The molecule has 0 atom stereocenters. The largest absolute Gasteiger partial charge is 0.345 e. The number of sulfonamides is 1. The Hall–Kier alpha value is -2.26. The lowest BCUT2D eigenvalue weighted by Gasteiger charge is -2.35. The molecular weight excluding hydrogens is 368 g/mol. The third kappa shape index (κ3) is 3.74. The van der Waals surface area contributed by atoms with Crippen molar-refractivity contribution in [3.8, 4) is 0 Å². The Morgan fingerprint density at radius 1 is 1.26 bits per heavy atom. The van der Waals surface area contributed by atoms with E-state index in [0.717, 1.165) is 12.8 Å². The minimum Gasteiger partial charge on any atom is -0.345 e. The zero-order chi connectivity index (χ0) is 19.0. The van der Waals surface area contributed by atoms with Gasteiger partial charge in [0.25, 0.3) is 0 Å². The Bertz CT molecular complexity index is 918. The van der Waals surface area contributed by atoms with Gasteiger partial charge in [0.05, 0.1) is 10.8 Å². The van der Waals surface area contributed by atoms with Crippen LogP contribution in [-0.2, 0) is 21.2 Å². The van der Waals surface area contributed by atoms with Crippen molar-refractivity contribution in [2.45, 2.75) is 30.1 Å². The number of carbonyl (C=O) groups excluding carboxylic acids is 1. The second kappa shape index (κ2) is 7.05. The van der Waals surface area contributed by atoms with E-state index in [4.69, 9.17) is 4.52 Å². The van der Waals surface area contributed by atoms with Crippen LogP contribution in [0.25, 0.3) is 0 Å². The van der Waals surface area contributed by atoms with Crippen LogP contribution >= 0.6 is 0 Å². The number of nitrogens with zero attached hydrogens (tertiary/aromatic N) is 4. The predicted octanol–water partition coefficient (Wildman–Crippen LogP) is 1.27. The third-order valence-corrected chi connectivity index (χ3v) is 6.88. The summed E-state index contributed by atoms with van der Waals surface area (Å²) in [6.45, 7) is 1.21. The number of hydrogen-bond donors (Lipinski definition) is 0. The fraction of sp³-hybridized carbons (Fsp3) is 0.500. The molecule has 4 rings (SSSR count). The quantitative estimate of drug-likeness (QED) is 0.706. The fourth-order valence-electron chi connectivity index (χ4n) is 3.09. The van der Waals surface area contributed by atoms with Gasteiger partial charge >= 0.3 is 0 Å². The Morgan fingerprint density at radius 3 is 2.63 bits per heavy atom. The van der Waals surface area contributed by atoms with Crippen LogP contribution in [0.2, 0.25) is 0 Å². The van der Waals surface area contributed by atoms with Gasteiger partial charge < -0.3 is 9.42 Å². The van der Waals surface area contributed by atoms with Crippen molar-refractivity contribution in [3.05, 3.63) is 42.0 Å². The van der Waals surface area contributed by atoms with E-state index in [-0.39, 0.29) is 22.6 Å². The molecule has 1 amide bonds. The highest BCUT2D eigenvalue weighted by molar-refractivity contribution is 7.89. The number of aromatic nitrogens is 2. The average Bonchev–Trinajstić information content (AvgIpc) is 3.38. The van der Waals surface area contributed by atoms with Gasteiger partial charge in [-0.25, -0.2) is 8.42 Å². The molecule has 1 aromatic heterocycles. The molecule has 1 aromatic carbocycles. The molecule has 2 aliphatic rings. The molecule has 8 nitrogen and oxygen atoms in total. The van der Waals surface area contributed by atoms with Crippen molar-refractivity contribution in [3.63, 3.8) is 0 Å². The Labute approximate surface area is 158 Å². The first kappa shape index (κ1) is 18.1. The van der Waals surface area contributed by atoms with Crippen molar-refractivity contribution in [2.75, 3.05) is 26.7 Å². The van der Waals surface area contributed by atoms with E-state index in [1.807, 2.05) is 0 Å². The van der Waals surface area contributed by atoms with Crippen LogP contribution in [0.4, 0.5) is 0 Å². The average molecular weight is 390 g/mol. The first-order valence-corrected chi connectivity index (χ1v) is 10.5. The van der Waals surface area contributed by atoms with E-state index < -0.39 is 10.0 Å². The summed E-state index contributed by atoms with van der Waals surface area (Å²) in [6, 6.07) is 8.38. The minimum absolute atomic E-state index is 0.0874. The van der Waals surface area contributed by atoms with Gasteiger partial charge in [-0.05, 0) is 25.0 Å². The van der Waals surface area contributed by atoms with Crippen molar-refractivity contribution >= 4 is 15.9 Å². The summed E-state index contributed by atoms with van der Waals surface area (Å²) in [4.78, 5) is 18.3. The van der Waals surface area contributed by atoms with Gasteiger partial charge in [0, 0.05) is 39.0 Å². The van der Waals surface area contributed by atoms with Crippen LogP contribution in [0, 0.1) is 5.92 Å². The zero-order valence-corrected chi connectivity index (χ0v) is 15.9. The molecule has 1 saturated carbocycles. The molecule has 0 radical (unpaired) electrons. The normalized spacial score (nSPS) is 18.3. The molecule has 144 valence electrons. The number of likely N-dealkylation sites (N-methyl/N-ethyl adjacent to an activating group) is 1. The smallest absolute Gasteiger partial charge is 0.243 e. The maximum absolute atomic E-state index is 12.5. The molecule has 0 spiro atoms. The van der Waals surface area contributed by atoms with Crippen molar-refractivity contribution in [1.82, 2.24) is 19.3 Å². The second-order valence-electron chi connectivity index (χ2n) is 7.16. The van der Waals surface area contributed by atoms with E-state index in [9.17, 15) is 13.2 Å². The monoisotopic (exact) mass is 390 g/mol. The second-order valence-corrected chi connectivity index (χ2v) is 9.10. The molecule has 9 heteroatoms. The zero-order valence-electron chi connectivity index (χ0n) is 15.1. The first-order chi connectivity index (χ1) is 12.9. The van der Waals surface area contributed by atoms with E-state index >= 15 is 0 Å². The fourth-order valence-corrected chi connectivity index (χ4v) is 4.64. The summed E-state index contributed by atoms with van der Waals surface area (Å²) < 4.78 is 31.8. The van der Waals surface area contributed by atoms with Crippen molar-refractivity contribution < 1.29 is 17.7 Å². The highest BCUT2D eigenvalue weighted by atomic mass is 32.2. The summed E-state index contributed by atoms with van der Waals surface area (Å²) in [5.74, 6) is 1.30. The van der Waals surface area contributed by atoms with Crippen LogP contribution < -0.4 is 0 Å². The summed E-state index contributed by atoms with van der Waals surface area (Å²) in [5, 5.41) is 3.96. The Morgan fingerprint density at radius 2 is 1.96 bits per heavy atom. The Balaban J connectivity index is 1.31. The van der Waals surface area contributed by atoms with Gasteiger partial charge in [0.2, 0.25) is 21.8 Å². The molecule has 0 unspecified atom stereocenters. The van der Waals surface area contributed by atoms with Crippen LogP contribution in [0.1, 0.15) is 30.5 Å². The van der Waals surface area contributed by atoms with Crippen LogP contribution in [-0.4, -0.2) is 60.4 Å². The van der Waals surface area contributed by atoms with Gasteiger partial charge in [-0.1, -0.05) is 23.4 Å². The van der Waals surface area contributed by atoms with Crippen LogP contribution in [0.15, 0.2) is 39.8 Å². The van der Waals surface area contributed by atoms with Gasteiger partial charge in [-0.3, -0.25) is 4.79 Å². The summed E-state index contributed by atoms with van der Waals surface area (Å²) in [5.41, 5.74) is 0. The molecule has 1 aliphatic carbocycles. The molecule has 0 N–H and O–H groups in total. The van der Waals surface area contributed by atoms with Gasteiger partial charge in [-0.2, -0.15) is 9.29 Å². The van der Waals surface area contributed by atoms with Gasteiger partial charge in [-0.15, -0.1) is 0 Å². The maximum Gasteiger partial charge on any atom is 0.243 e. The molecule has 2 aromatic rings. The van der Waals surface area contributed by atoms with E-state index in [1.165, 1.54) is 4.31 Å². The summed E-state index contributed by atoms with van der Waals surface area (Å²) in [6.07, 6.45) is 2.50. The number of carbonyl (C=O) groups is 1. The van der Waals surface area contributed by atoms with Crippen LogP contribution in [0.5, 0.6) is 0 Å². The lowest BCUT2D eigenvalue weighted by atomic mass is 10.0. The highest BCUT2D eigenvalue weighted by Gasteiger charge is 2.40. The SMILES string of the molecule is CN(CCc1noc(C2CN(S(=O)(=O)c3ccccc3)C2)n1)C(=O)C1CC1. The van der Waals surface area contributed by atoms with Crippen LogP contribution in [0.3, 0.4) is 0 Å². The first-order valence-electron chi connectivity index (χ1n) is 9.08. The Kier molecular flexibility index (Phi) is 4.73. The molecule has 1 aliphatic heterocycles. The summed E-state index contributed by atoms with van der Waals surface area (Å²) >= 11 is 0. The van der Waals surface area contributed by atoms with Gasteiger partial charge in [0.1, 0.15) is 0 Å². The lowest BCUT2D eigenvalue weighted by molar-refractivity contribution is -0.131. The number of amides is 1. The van der Waals surface area contributed by atoms with E-state index in [2.05, 4.69) is 10.1 Å². The summed E-state index contributed by atoms with van der Waals surface area (Å²) in [7, 11) is -1.68. The molecule has 1 saturated heterocycles. The highest BCUT2D eigenvalue weighted by Crippen LogP contribution is 2.32. The third-order valence-electron chi connectivity index (χ3n) is 5.04. The minimum atomic E-state index is -3.47. The standard InChI is InChI=1S/C18H22N4O4S/c1-21(18(23)13-7-8-13)10-9-16-19-17(26-20-16)14-11-22(12-14)27(24,25)15-5-3-2-4-6-15/h2-6,13-14H,7-12H2,1H3. The molecular formula is C18H22N4O4S. The molecule has 2 heterocycles. The van der Waals surface area contributed by atoms with E-state index in [1.54, 1.807) is 42.3 Å². The lowest BCUT2D eigenvalue weighted by Crippen LogP contribution is -2.48. The molecule has 0 bridgehead atoms. The number of rotatable bonds is 7.